The Balaban J connectivity index is 1.68. The van der Waals surface area contributed by atoms with Crippen LogP contribution in [0.4, 0.5) is 17.3 Å². The van der Waals surface area contributed by atoms with E-state index in [1.165, 1.54) is 31.2 Å². The molecule has 1 aromatic heterocycles. The van der Waals surface area contributed by atoms with Crippen LogP contribution in [-0.2, 0) is 14.8 Å². The van der Waals surface area contributed by atoms with Gasteiger partial charge in [-0.05, 0) is 48.9 Å². The van der Waals surface area contributed by atoms with Crippen molar-refractivity contribution in [3.8, 4) is 0 Å². The van der Waals surface area contributed by atoms with Crippen molar-refractivity contribution < 1.29 is 13.2 Å². The molecule has 0 aliphatic carbocycles. The van der Waals surface area contributed by atoms with E-state index in [0.717, 1.165) is 5.56 Å². The SMILES string of the molecule is CC(=O)Nc1ccc(S(=O)(=O)Nc2nc3ccccc3nc2N[C@H](C)c2ccccc2)cc1. The van der Waals surface area contributed by atoms with Gasteiger partial charge in [-0.25, -0.2) is 18.4 Å². The third-order valence-electron chi connectivity index (χ3n) is 4.94. The number of benzene rings is 3. The Kier molecular flexibility index (Phi) is 6.23. The van der Waals surface area contributed by atoms with Crippen molar-refractivity contribution in [2.24, 2.45) is 0 Å². The molecule has 4 rings (SSSR count). The van der Waals surface area contributed by atoms with Gasteiger partial charge in [-0.1, -0.05) is 42.5 Å². The predicted molar refractivity (Wildman–Crippen MR) is 130 cm³/mol. The van der Waals surface area contributed by atoms with Gasteiger partial charge in [-0.2, -0.15) is 0 Å². The summed E-state index contributed by atoms with van der Waals surface area (Å²) in [6.45, 7) is 3.35. The number of hydrogen-bond donors (Lipinski definition) is 3. The van der Waals surface area contributed by atoms with E-state index in [0.29, 0.717) is 22.5 Å². The molecule has 0 bridgehead atoms. The lowest BCUT2D eigenvalue weighted by Crippen LogP contribution is -2.18. The third kappa shape index (κ3) is 5.27. The van der Waals surface area contributed by atoms with Crippen molar-refractivity contribution in [2.45, 2.75) is 24.8 Å². The van der Waals surface area contributed by atoms with Crippen LogP contribution in [0.2, 0.25) is 0 Å². The van der Waals surface area contributed by atoms with Crippen LogP contribution in [0.1, 0.15) is 25.5 Å². The van der Waals surface area contributed by atoms with Crippen LogP contribution in [0.15, 0.2) is 83.8 Å². The second-order valence-electron chi connectivity index (χ2n) is 7.50. The number of nitrogens with zero attached hydrogens (tertiary/aromatic N) is 2. The summed E-state index contributed by atoms with van der Waals surface area (Å²) in [6.07, 6.45) is 0. The number of sulfonamides is 1. The van der Waals surface area contributed by atoms with Crippen molar-refractivity contribution in [1.82, 2.24) is 9.97 Å². The maximum atomic E-state index is 13.1. The first-order valence-corrected chi connectivity index (χ1v) is 11.8. The van der Waals surface area contributed by atoms with Crippen LogP contribution in [-0.4, -0.2) is 24.3 Å². The van der Waals surface area contributed by atoms with E-state index in [1.54, 1.807) is 6.07 Å². The van der Waals surface area contributed by atoms with Crippen LogP contribution < -0.4 is 15.4 Å². The van der Waals surface area contributed by atoms with Crippen molar-refractivity contribution in [3.63, 3.8) is 0 Å². The summed E-state index contributed by atoms with van der Waals surface area (Å²) < 4.78 is 28.7. The molecule has 8 nitrogen and oxygen atoms in total. The molecule has 0 saturated heterocycles. The topological polar surface area (TPSA) is 113 Å². The average molecular weight is 462 g/mol. The van der Waals surface area contributed by atoms with Crippen molar-refractivity contribution >= 4 is 44.3 Å². The van der Waals surface area contributed by atoms with Crippen molar-refractivity contribution in [1.29, 1.82) is 0 Å². The van der Waals surface area contributed by atoms with Crippen LogP contribution in [0.5, 0.6) is 0 Å². The minimum atomic E-state index is -3.96. The van der Waals surface area contributed by atoms with Gasteiger partial charge in [-0.15, -0.1) is 0 Å². The minimum absolute atomic E-state index is 0.0358. The van der Waals surface area contributed by atoms with E-state index in [2.05, 4.69) is 25.3 Å². The van der Waals surface area contributed by atoms with Gasteiger partial charge in [0.25, 0.3) is 10.0 Å². The van der Waals surface area contributed by atoms with Gasteiger partial charge in [0.05, 0.1) is 22.0 Å². The Hall–Kier alpha value is -3.98. The monoisotopic (exact) mass is 461 g/mol. The van der Waals surface area contributed by atoms with Gasteiger partial charge in [-0.3, -0.25) is 9.52 Å². The number of carbonyl (C=O) groups is 1. The molecule has 0 unspecified atom stereocenters. The highest BCUT2D eigenvalue weighted by Crippen LogP contribution is 2.28. The molecule has 3 aromatic carbocycles. The Morgan fingerprint density at radius 1 is 0.818 bits per heavy atom. The molecule has 0 radical (unpaired) electrons. The fourth-order valence-electron chi connectivity index (χ4n) is 3.31. The molecule has 33 heavy (non-hydrogen) atoms. The summed E-state index contributed by atoms with van der Waals surface area (Å²) in [6, 6.07) is 22.8. The van der Waals surface area contributed by atoms with Gasteiger partial charge in [0.1, 0.15) is 0 Å². The molecular formula is C24H23N5O3S. The van der Waals surface area contributed by atoms with Gasteiger partial charge >= 0.3 is 0 Å². The largest absolute Gasteiger partial charge is 0.360 e. The molecule has 1 atom stereocenters. The van der Waals surface area contributed by atoms with Crippen LogP contribution in [0.25, 0.3) is 11.0 Å². The first kappa shape index (κ1) is 22.2. The lowest BCUT2D eigenvalue weighted by molar-refractivity contribution is -0.114. The molecular weight excluding hydrogens is 438 g/mol. The molecule has 0 aliphatic heterocycles. The van der Waals surface area contributed by atoms with E-state index < -0.39 is 10.0 Å². The minimum Gasteiger partial charge on any atom is -0.360 e. The van der Waals surface area contributed by atoms with Gasteiger partial charge < -0.3 is 10.6 Å². The maximum absolute atomic E-state index is 13.1. The summed E-state index contributed by atoms with van der Waals surface area (Å²) in [5, 5.41) is 5.89. The lowest BCUT2D eigenvalue weighted by Gasteiger charge is -2.18. The van der Waals surface area contributed by atoms with Crippen LogP contribution >= 0.6 is 0 Å². The molecule has 1 heterocycles. The summed E-state index contributed by atoms with van der Waals surface area (Å²) >= 11 is 0. The molecule has 0 saturated carbocycles. The summed E-state index contributed by atoms with van der Waals surface area (Å²) in [5.74, 6) is 0.185. The number of para-hydroxylation sites is 2. The summed E-state index contributed by atoms with van der Waals surface area (Å²) in [7, 11) is -3.96. The van der Waals surface area contributed by atoms with E-state index >= 15 is 0 Å². The second kappa shape index (κ2) is 9.25. The molecule has 3 N–H and O–H groups in total. The Bertz CT molecular complexity index is 1390. The number of amides is 1. The predicted octanol–water partition coefficient (Wildman–Crippen LogP) is 4.56. The standard InChI is InChI=1S/C24H23N5O3S/c1-16(18-8-4-3-5-9-18)25-23-24(28-22-11-7-6-10-21(22)27-23)29-33(31,32)20-14-12-19(13-15-20)26-17(2)30/h3-16H,1-2H3,(H,25,27)(H,26,30)(H,28,29)/t16-/m1/s1. The molecule has 0 aliphatic rings. The Morgan fingerprint density at radius 2 is 1.39 bits per heavy atom. The Morgan fingerprint density at radius 3 is 2.00 bits per heavy atom. The number of rotatable bonds is 7. The highest BCUT2D eigenvalue weighted by atomic mass is 32.2. The van der Waals surface area contributed by atoms with Crippen LogP contribution in [0, 0.1) is 0 Å². The first-order chi connectivity index (χ1) is 15.8. The average Bonchev–Trinajstić information content (AvgIpc) is 2.80. The van der Waals surface area contributed by atoms with E-state index in [4.69, 9.17) is 0 Å². The normalized spacial score (nSPS) is 12.2. The number of carbonyl (C=O) groups excluding carboxylic acids is 1. The van der Waals surface area contributed by atoms with Gasteiger partial charge in [0.2, 0.25) is 5.91 Å². The molecule has 9 heteroatoms. The zero-order valence-electron chi connectivity index (χ0n) is 18.1. The van der Waals surface area contributed by atoms with Crippen molar-refractivity contribution in [2.75, 3.05) is 15.4 Å². The van der Waals surface area contributed by atoms with E-state index in [1.807, 2.05) is 55.5 Å². The maximum Gasteiger partial charge on any atom is 0.263 e. The van der Waals surface area contributed by atoms with E-state index in [-0.39, 0.29) is 22.7 Å². The number of nitrogens with one attached hydrogen (secondary N) is 3. The molecule has 168 valence electrons. The quantitative estimate of drug-likeness (QED) is 0.372. The lowest BCUT2D eigenvalue weighted by atomic mass is 10.1. The second-order valence-corrected chi connectivity index (χ2v) is 9.18. The summed E-state index contributed by atoms with van der Waals surface area (Å²) in [5.41, 5.74) is 2.73. The molecule has 0 spiro atoms. The zero-order chi connectivity index (χ0) is 23.4. The number of hydrogen-bond acceptors (Lipinski definition) is 6. The fraction of sp³-hybridized carbons (Fsp3) is 0.125. The highest BCUT2D eigenvalue weighted by molar-refractivity contribution is 7.92. The zero-order valence-corrected chi connectivity index (χ0v) is 18.9. The first-order valence-electron chi connectivity index (χ1n) is 10.3. The molecule has 1 amide bonds. The number of aromatic nitrogens is 2. The highest BCUT2D eigenvalue weighted by Gasteiger charge is 2.20. The smallest absolute Gasteiger partial charge is 0.263 e. The third-order valence-corrected chi connectivity index (χ3v) is 6.29. The summed E-state index contributed by atoms with van der Waals surface area (Å²) in [4.78, 5) is 20.4. The fourth-order valence-corrected chi connectivity index (χ4v) is 4.32. The Labute approximate surface area is 192 Å². The molecule has 0 fully saturated rings. The van der Waals surface area contributed by atoms with Gasteiger partial charge in [0, 0.05) is 12.6 Å². The van der Waals surface area contributed by atoms with Gasteiger partial charge in [0.15, 0.2) is 11.6 Å². The van der Waals surface area contributed by atoms with E-state index in [9.17, 15) is 13.2 Å². The molecule has 4 aromatic rings. The van der Waals surface area contributed by atoms with Crippen LogP contribution in [0.3, 0.4) is 0 Å². The van der Waals surface area contributed by atoms with Crippen molar-refractivity contribution in [3.05, 3.63) is 84.4 Å². The number of anilines is 3. The number of fused-ring (bicyclic) bond motifs is 1.